The number of anilines is 2. The molecule has 4 N–H and O–H groups in total. The van der Waals surface area contributed by atoms with E-state index in [1.807, 2.05) is 37.4 Å². The van der Waals surface area contributed by atoms with Gasteiger partial charge in [-0.05, 0) is 37.7 Å². The molecule has 8 nitrogen and oxygen atoms in total. The fourth-order valence-electron chi connectivity index (χ4n) is 4.97. The number of amides is 1. The lowest BCUT2D eigenvalue weighted by Gasteiger charge is -2.36. The Hall–Kier alpha value is -3.59. The van der Waals surface area contributed by atoms with Crippen molar-refractivity contribution in [2.45, 2.75) is 18.1 Å². The van der Waals surface area contributed by atoms with Crippen molar-refractivity contribution >= 4 is 39.9 Å². The Labute approximate surface area is 206 Å². The quantitative estimate of drug-likeness (QED) is 0.336. The first-order valence-electron chi connectivity index (χ1n) is 11.4. The number of para-hydroxylation sites is 1. The van der Waals surface area contributed by atoms with Crippen LogP contribution >= 0.6 is 11.6 Å². The molecule has 2 aromatic heterocycles. The monoisotopic (exact) mass is 489 g/mol. The highest BCUT2D eigenvalue weighted by Crippen LogP contribution is 2.43. The Balaban J connectivity index is 1.37. The van der Waals surface area contributed by atoms with Crippen molar-refractivity contribution in [3.63, 3.8) is 0 Å². The molecule has 1 spiro atoms. The van der Waals surface area contributed by atoms with Gasteiger partial charge in [-0.3, -0.25) is 4.79 Å². The highest BCUT2D eigenvalue weighted by Gasteiger charge is 2.47. The number of pyridine rings is 1. The summed E-state index contributed by atoms with van der Waals surface area (Å²) in [4.78, 5) is 22.7. The minimum atomic E-state index is -1.02. The summed E-state index contributed by atoms with van der Waals surface area (Å²) in [5.74, 6) is 1.21. The van der Waals surface area contributed by atoms with E-state index in [0.29, 0.717) is 51.9 Å². The average molecular weight is 490 g/mol. The normalized spacial score (nSPS) is 20.5. The van der Waals surface area contributed by atoms with Gasteiger partial charge in [-0.1, -0.05) is 35.9 Å². The molecule has 1 amide bonds. The van der Waals surface area contributed by atoms with Crippen molar-refractivity contribution in [3.05, 3.63) is 77.1 Å². The predicted octanol–water partition coefficient (Wildman–Crippen LogP) is 4.53. The van der Waals surface area contributed by atoms with Crippen LogP contribution in [0.25, 0.3) is 11.0 Å². The lowest BCUT2D eigenvalue weighted by molar-refractivity contribution is -0.120. The largest absolute Gasteiger partial charge is 0.457 e. The number of aliphatic hydroxyl groups excluding tert-OH is 1. The van der Waals surface area contributed by atoms with Crippen LogP contribution in [-0.2, 0) is 4.79 Å². The number of hydrogen-bond donors (Lipinski definition) is 4. The van der Waals surface area contributed by atoms with Crippen molar-refractivity contribution in [1.82, 2.24) is 14.9 Å². The Morgan fingerprint density at radius 3 is 2.74 bits per heavy atom. The second kappa shape index (κ2) is 8.27. The molecule has 4 heterocycles. The van der Waals surface area contributed by atoms with E-state index in [4.69, 9.17) is 16.3 Å². The molecular weight excluding hydrogens is 466 g/mol. The molecule has 2 atom stereocenters. The summed E-state index contributed by atoms with van der Waals surface area (Å²) in [5.41, 5.74) is 2.40. The molecular formula is C26H24ClN5O3. The molecule has 0 bridgehead atoms. The number of hydrogen-bond acceptors (Lipinski definition) is 6. The summed E-state index contributed by atoms with van der Waals surface area (Å²) in [6.45, 7) is 1.42. The van der Waals surface area contributed by atoms with Crippen molar-refractivity contribution in [2.75, 3.05) is 30.8 Å². The molecule has 2 aromatic carbocycles. The topological polar surface area (TPSA) is 103 Å². The summed E-state index contributed by atoms with van der Waals surface area (Å²) in [6, 6.07) is 14.7. The fraction of sp³-hybridized carbons (Fsp3) is 0.231. The SMILES string of the molecule is CN1CCC2(C1)Nc1c(cnc3[nH]cc(C(O)c4ccc(Oc5ccccc5)cc4Cl)c13)NC2=O. The minimum Gasteiger partial charge on any atom is -0.457 e. The van der Waals surface area contributed by atoms with Crippen LogP contribution in [0, 0.1) is 0 Å². The smallest absolute Gasteiger partial charge is 0.251 e. The van der Waals surface area contributed by atoms with Crippen LogP contribution in [0.2, 0.25) is 5.02 Å². The predicted molar refractivity (Wildman–Crippen MR) is 135 cm³/mol. The third-order valence-corrected chi connectivity index (χ3v) is 7.11. The van der Waals surface area contributed by atoms with Crippen LogP contribution in [0.1, 0.15) is 23.7 Å². The van der Waals surface area contributed by atoms with Gasteiger partial charge < -0.3 is 30.4 Å². The minimum absolute atomic E-state index is 0.0646. The summed E-state index contributed by atoms with van der Waals surface area (Å²) in [6.07, 6.45) is 3.04. The van der Waals surface area contributed by atoms with Crippen LogP contribution in [0.15, 0.2) is 60.9 Å². The van der Waals surface area contributed by atoms with E-state index >= 15 is 0 Å². The third kappa shape index (κ3) is 3.70. The van der Waals surface area contributed by atoms with Crippen LogP contribution < -0.4 is 15.4 Å². The number of aromatic amines is 1. The number of likely N-dealkylation sites (tertiary alicyclic amines) is 1. The van der Waals surface area contributed by atoms with Crippen LogP contribution in [0.5, 0.6) is 11.5 Å². The summed E-state index contributed by atoms with van der Waals surface area (Å²) < 4.78 is 5.87. The van der Waals surface area contributed by atoms with Crippen LogP contribution in [0.4, 0.5) is 11.4 Å². The number of aromatic nitrogens is 2. The zero-order valence-electron chi connectivity index (χ0n) is 19.0. The van der Waals surface area contributed by atoms with E-state index < -0.39 is 11.6 Å². The number of aliphatic hydroxyl groups is 1. The molecule has 0 saturated carbocycles. The third-order valence-electron chi connectivity index (χ3n) is 6.78. The molecule has 1 saturated heterocycles. The van der Waals surface area contributed by atoms with Gasteiger partial charge in [-0.15, -0.1) is 0 Å². The molecule has 0 radical (unpaired) electrons. The van der Waals surface area contributed by atoms with E-state index in [2.05, 4.69) is 25.5 Å². The van der Waals surface area contributed by atoms with E-state index in [0.717, 1.165) is 17.6 Å². The van der Waals surface area contributed by atoms with Gasteiger partial charge in [0.15, 0.2) is 0 Å². The molecule has 178 valence electrons. The van der Waals surface area contributed by atoms with E-state index in [9.17, 15) is 9.90 Å². The van der Waals surface area contributed by atoms with Crippen molar-refractivity contribution < 1.29 is 14.6 Å². The van der Waals surface area contributed by atoms with Gasteiger partial charge in [0.25, 0.3) is 5.91 Å². The molecule has 9 heteroatoms. The molecule has 2 aliphatic heterocycles. The average Bonchev–Trinajstić information content (AvgIpc) is 3.45. The second-order valence-corrected chi connectivity index (χ2v) is 9.57. The Morgan fingerprint density at radius 1 is 1.17 bits per heavy atom. The number of carbonyl (C=O) groups is 1. The lowest BCUT2D eigenvalue weighted by atomic mass is 9.92. The number of H-pyrrole nitrogens is 1. The number of benzene rings is 2. The van der Waals surface area contributed by atoms with Crippen LogP contribution in [-0.4, -0.2) is 51.6 Å². The number of fused-ring (bicyclic) bond motifs is 3. The number of halogens is 1. The maximum absolute atomic E-state index is 12.9. The van der Waals surface area contributed by atoms with Gasteiger partial charge in [-0.2, -0.15) is 0 Å². The number of ether oxygens (including phenoxy) is 1. The Kier molecular flexibility index (Phi) is 5.17. The molecule has 4 aromatic rings. The van der Waals surface area contributed by atoms with Gasteiger partial charge in [0.05, 0.1) is 28.0 Å². The Morgan fingerprint density at radius 2 is 2.00 bits per heavy atom. The number of likely N-dealkylation sites (N-methyl/N-ethyl adjacent to an activating group) is 1. The number of nitrogens with zero attached hydrogens (tertiary/aromatic N) is 2. The first-order valence-corrected chi connectivity index (χ1v) is 11.8. The second-order valence-electron chi connectivity index (χ2n) is 9.16. The molecule has 1 fully saturated rings. The first kappa shape index (κ1) is 21.9. The Bertz CT molecular complexity index is 1440. The van der Waals surface area contributed by atoms with Crippen molar-refractivity contribution in [3.8, 4) is 11.5 Å². The van der Waals surface area contributed by atoms with E-state index in [1.165, 1.54) is 0 Å². The van der Waals surface area contributed by atoms with Gasteiger partial charge in [0, 0.05) is 30.4 Å². The highest BCUT2D eigenvalue weighted by molar-refractivity contribution is 6.31. The lowest BCUT2D eigenvalue weighted by Crippen LogP contribution is -2.54. The first-order chi connectivity index (χ1) is 16.9. The summed E-state index contributed by atoms with van der Waals surface area (Å²) in [5, 5.41) is 19.0. The van der Waals surface area contributed by atoms with E-state index in [1.54, 1.807) is 30.6 Å². The van der Waals surface area contributed by atoms with Crippen molar-refractivity contribution in [1.29, 1.82) is 0 Å². The number of nitrogens with one attached hydrogen (secondary N) is 3. The molecule has 35 heavy (non-hydrogen) atoms. The zero-order chi connectivity index (χ0) is 24.2. The summed E-state index contributed by atoms with van der Waals surface area (Å²) >= 11 is 6.59. The molecule has 2 unspecified atom stereocenters. The molecule has 6 rings (SSSR count). The molecule has 0 aliphatic carbocycles. The van der Waals surface area contributed by atoms with Gasteiger partial charge in [-0.25, -0.2) is 4.98 Å². The number of rotatable bonds is 4. The fourth-order valence-corrected chi connectivity index (χ4v) is 5.25. The highest BCUT2D eigenvalue weighted by atomic mass is 35.5. The maximum atomic E-state index is 12.9. The van der Waals surface area contributed by atoms with Crippen molar-refractivity contribution in [2.24, 2.45) is 0 Å². The summed E-state index contributed by atoms with van der Waals surface area (Å²) in [7, 11) is 2.00. The van der Waals surface area contributed by atoms with Gasteiger partial charge >= 0.3 is 0 Å². The molecule has 2 aliphatic rings. The standard InChI is InChI=1S/C26H24ClN5O3/c1-32-10-9-26(14-32)25(34)30-20-13-29-24-21(22(20)31-26)18(12-28-24)23(33)17-8-7-16(11-19(17)27)35-15-5-3-2-4-6-15/h2-8,11-13,23,31,33H,9-10,14H2,1H3,(H,28,29)(H,30,34). The number of carbonyl (C=O) groups excluding carboxylic acids is 1. The maximum Gasteiger partial charge on any atom is 0.251 e. The zero-order valence-corrected chi connectivity index (χ0v) is 19.8. The van der Waals surface area contributed by atoms with Crippen LogP contribution in [0.3, 0.4) is 0 Å². The van der Waals surface area contributed by atoms with Gasteiger partial charge in [0.1, 0.15) is 28.8 Å². The van der Waals surface area contributed by atoms with Gasteiger partial charge in [0.2, 0.25) is 0 Å². The van der Waals surface area contributed by atoms with E-state index in [-0.39, 0.29) is 5.91 Å².